The second-order valence-corrected chi connectivity index (χ2v) is 20.7. The lowest BCUT2D eigenvalue weighted by Crippen LogP contribution is -2.64. The van der Waals surface area contributed by atoms with Crippen LogP contribution in [0.5, 0.6) is 23.1 Å². The highest BCUT2D eigenvalue weighted by Gasteiger charge is 2.71. The fraction of sp³-hybridized carbons (Fsp3) is 0.553. The Balaban J connectivity index is 1.25. The third kappa shape index (κ3) is 8.58. The van der Waals surface area contributed by atoms with Crippen LogP contribution in [0.1, 0.15) is 86.0 Å². The Morgan fingerprint density at radius 2 is 1.79 bits per heavy atom. The minimum atomic E-state index is -4.34. The SMILES string of the molecule is CCC(C)N(C(=O)O)[C@@H]1C(=O)N2[C@@H](C[C@@](C)(Oc3nc(-c4ccc5c(c4)OCCO5)cc4cc(OC)ccc34)C2(F)F)C(=O)N[C@]2(C(=O)NS(=O)(=O)C3CC3)C[C@H]2/C=C\CC[C@H](C)C[C@H]1C. The summed E-state index contributed by atoms with van der Waals surface area (Å²) in [6.45, 7) is 8.61. The number of hydrogen-bond donors (Lipinski definition) is 3. The summed E-state index contributed by atoms with van der Waals surface area (Å²) in [5.74, 6) is -3.97. The van der Waals surface area contributed by atoms with E-state index in [1.54, 1.807) is 69.3 Å². The molecule has 1 unspecified atom stereocenters. The maximum Gasteiger partial charge on any atom is 0.408 e. The number of carboxylic acid groups (broad SMARTS) is 1. The molecule has 0 bridgehead atoms. The van der Waals surface area contributed by atoms with Crippen molar-refractivity contribution in [3.63, 3.8) is 0 Å². The summed E-state index contributed by atoms with van der Waals surface area (Å²) in [5.41, 5.74) is -3.74. The second-order valence-electron chi connectivity index (χ2n) is 18.7. The normalized spacial score (nSPS) is 29.5. The molecule has 2 saturated carbocycles. The molecule has 0 spiro atoms. The summed E-state index contributed by atoms with van der Waals surface area (Å²) in [4.78, 5) is 63.2. The molecule has 1 saturated heterocycles. The van der Waals surface area contributed by atoms with Crippen molar-refractivity contribution in [3.8, 4) is 34.4 Å². The van der Waals surface area contributed by atoms with Gasteiger partial charge in [-0.3, -0.25) is 28.9 Å². The van der Waals surface area contributed by atoms with Crippen molar-refractivity contribution in [2.75, 3.05) is 20.3 Å². The topological polar surface area (TPSA) is 203 Å². The van der Waals surface area contributed by atoms with Crippen LogP contribution in [0.2, 0.25) is 0 Å². The number of rotatable bonds is 10. The fourth-order valence-corrected chi connectivity index (χ4v) is 11.0. The number of pyridine rings is 1. The highest BCUT2D eigenvalue weighted by Crippen LogP contribution is 2.51. The van der Waals surface area contributed by atoms with E-state index in [4.69, 9.17) is 23.9 Å². The van der Waals surface area contributed by atoms with Gasteiger partial charge in [0.1, 0.15) is 36.6 Å². The first-order chi connectivity index (χ1) is 31.2. The highest BCUT2D eigenvalue weighted by atomic mass is 32.2. The van der Waals surface area contributed by atoms with E-state index in [0.717, 1.165) is 11.8 Å². The van der Waals surface area contributed by atoms with E-state index >= 15 is 13.6 Å². The van der Waals surface area contributed by atoms with Crippen LogP contribution in [-0.4, -0.2) is 113 Å². The number of ether oxygens (including phenoxy) is 4. The van der Waals surface area contributed by atoms with Crippen LogP contribution in [0.3, 0.4) is 0 Å². The Morgan fingerprint density at radius 3 is 2.47 bits per heavy atom. The number of nitrogens with one attached hydrogen (secondary N) is 2. The van der Waals surface area contributed by atoms with Gasteiger partial charge in [0.2, 0.25) is 21.8 Å². The summed E-state index contributed by atoms with van der Waals surface area (Å²) >= 11 is 0. The second kappa shape index (κ2) is 17.5. The number of fused-ring (bicyclic) bond motifs is 4. The molecule has 19 heteroatoms. The first-order valence-corrected chi connectivity index (χ1v) is 24.1. The van der Waals surface area contributed by atoms with Gasteiger partial charge < -0.3 is 29.4 Å². The predicted molar refractivity (Wildman–Crippen MR) is 238 cm³/mol. The lowest BCUT2D eigenvalue weighted by Gasteiger charge is -2.42. The summed E-state index contributed by atoms with van der Waals surface area (Å²) in [6, 6.07) is 2.87. The molecule has 4 heterocycles. The smallest absolute Gasteiger partial charge is 0.408 e. The molecule has 16 nitrogen and oxygen atoms in total. The van der Waals surface area contributed by atoms with Gasteiger partial charge in [-0.15, -0.1) is 0 Å². The first kappa shape index (κ1) is 46.8. The van der Waals surface area contributed by atoms with Gasteiger partial charge in [-0.05, 0) is 118 Å². The van der Waals surface area contributed by atoms with Crippen LogP contribution in [0.4, 0.5) is 13.6 Å². The number of carbonyl (C=O) groups is 4. The van der Waals surface area contributed by atoms with Crippen molar-refractivity contribution in [3.05, 3.63) is 54.6 Å². The zero-order valence-electron chi connectivity index (χ0n) is 37.8. The Morgan fingerprint density at radius 1 is 1.06 bits per heavy atom. The molecule has 8 atom stereocenters. The third-order valence-electron chi connectivity index (χ3n) is 13.8. The standard InChI is InChI=1S/C47H57F2N5O11S/c1-7-28(4)53(44(58)59)39-27(3)20-26(2)10-8-9-11-31-24-46(31,43(57)52-66(60,61)33-14-15-33)51-40(55)36-25-45(5,47(48,49)54(36)42(39)56)65-41-34-16-13-32(62-6)21-30(34)22-35(50-41)29-12-17-37-38(23-29)64-19-18-63-37/h9,11-13,16-17,21-23,26-28,31,33,36,39H,7-8,10,14-15,18-20,24-25H2,1-6H3,(H,51,55)(H,52,57)(H,58,59)/b11-9-/t26-,27+,28?,31+,36-,39-,45+,46+/m0/s1. The quantitative estimate of drug-likeness (QED) is 0.144. The zero-order chi connectivity index (χ0) is 47.5. The number of hydrogen-bond acceptors (Lipinski definition) is 11. The van der Waals surface area contributed by atoms with Gasteiger partial charge in [-0.2, -0.15) is 8.78 Å². The zero-order valence-corrected chi connectivity index (χ0v) is 38.7. The lowest BCUT2D eigenvalue weighted by molar-refractivity contribution is -0.219. The number of benzene rings is 2. The van der Waals surface area contributed by atoms with Gasteiger partial charge in [-0.1, -0.05) is 32.9 Å². The van der Waals surface area contributed by atoms with Crippen molar-refractivity contribution < 1.29 is 60.4 Å². The number of halogens is 2. The third-order valence-corrected chi connectivity index (χ3v) is 15.7. The number of alkyl halides is 2. The molecule has 3 N–H and O–H groups in total. The van der Waals surface area contributed by atoms with Crippen molar-refractivity contribution in [1.82, 2.24) is 24.8 Å². The molecule has 1 aromatic heterocycles. The van der Waals surface area contributed by atoms with Crippen LogP contribution >= 0.6 is 0 Å². The first-order valence-electron chi connectivity index (χ1n) is 22.6. The van der Waals surface area contributed by atoms with Gasteiger partial charge in [-0.25, -0.2) is 18.2 Å². The van der Waals surface area contributed by atoms with Gasteiger partial charge in [0, 0.05) is 29.3 Å². The molecule has 2 aliphatic carbocycles. The fourth-order valence-electron chi connectivity index (χ4n) is 9.66. The van der Waals surface area contributed by atoms with Crippen LogP contribution in [0, 0.1) is 17.8 Å². The predicted octanol–water partition coefficient (Wildman–Crippen LogP) is 6.66. The summed E-state index contributed by atoms with van der Waals surface area (Å²) in [5, 5.41) is 13.3. The molecule has 5 aliphatic rings. The number of nitrogens with zero attached hydrogens (tertiary/aromatic N) is 3. The van der Waals surface area contributed by atoms with E-state index in [0.29, 0.717) is 78.2 Å². The molecule has 4 amide bonds. The van der Waals surface area contributed by atoms with E-state index in [1.807, 2.05) is 13.0 Å². The van der Waals surface area contributed by atoms with Gasteiger partial charge in [0.05, 0.1) is 18.1 Å². The van der Waals surface area contributed by atoms with Crippen LogP contribution < -0.4 is 29.0 Å². The van der Waals surface area contributed by atoms with E-state index < -0.39 is 92.7 Å². The molecule has 2 aromatic carbocycles. The largest absolute Gasteiger partial charge is 0.497 e. The lowest BCUT2D eigenvalue weighted by atomic mass is 9.86. The Labute approximate surface area is 382 Å². The molecule has 3 fully saturated rings. The Kier molecular flexibility index (Phi) is 12.4. The monoisotopic (exact) mass is 937 g/mol. The number of methoxy groups -OCH3 is 1. The maximum atomic E-state index is 18.1. The van der Waals surface area contributed by atoms with Crippen molar-refractivity contribution in [2.24, 2.45) is 17.8 Å². The van der Waals surface area contributed by atoms with Gasteiger partial charge in [0.15, 0.2) is 17.1 Å². The van der Waals surface area contributed by atoms with Crippen LogP contribution in [0.15, 0.2) is 54.6 Å². The van der Waals surface area contributed by atoms with Gasteiger partial charge in [0.25, 0.3) is 11.8 Å². The molecule has 0 radical (unpaired) electrons. The Hall–Kier alpha value is -5.72. The van der Waals surface area contributed by atoms with E-state index in [1.165, 1.54) is 7.11 Å². The maximum absolute atomic E-state index is 18.1. The Bertz CT molecular complexity index is 2570. The van der Waals surface area contributed by atoms with E-state index in [2.05, 4.69) is 10.0 Å². The average molecular weight is 938 g/mol. The van der Waals surface area contributed by atoms with Crippen LogP contribution in [0.25, 0.3) is 22.0 Å². The van der Waals surface area contributed by atoms with Gasteiger partial charge >= 0.3 is 12.1 Å². The minimum Gasteiger partial charge on any atom is -0.497 e. The molecule has 3 aromatic rings. The number of amides is 4. The molecule has 66 heavy (non-hydrogen) atoms. The molecule has 8 rings (SSSR count). The molecular formula is C47H57F2N5O11S. The van der Waals surface area contributed by atoms with Crippen LogP contribution in [-0.2, 0) is 24.4 Å². The molecular weight excluding hydrogens is 881 g/mol. The average Bonchev–Trinajstić information content (AvgIpc) is 4.21. The van der Waals surface area contributed by atoms with Crippen molar-refractivity contribution in [1.29, 1.82) is 0 Å². The number of allylic oxidation sites excluding steroid dienone is 1. The van der Waals surface area contributed by atoms with Crippen molar-refractivity contribution in [2.45, 2.75) is 127 Å². The number of aromatic nitrogens is 1. The minimum absolute atomic E-state index is 0.0336. The molecule has 356 valence electrons. The van der Waals surface area contributed by atoms with E-state index in [9.17, 15) is 27.9 Å². The highest BCUT2D eigenvalue weighted by molar-refractivity contribution is 7.91. The summed E-state index contributed by atoms with van der Waals surface area (Å²) in [7, 11) is -2.62. The summed E-state index contributed by atoms with van der Waals surface area (Å²) in [6.07, 6.45) is 3.49. The number of sulfonamides is 1. The molecule has 3 aliphatic heterocycles. The van der Waals surface area contributed by atoms with Crippen molar-refractivity contribution >= 4 is 44.6 Å². The number of carbonyl (C=O) groups excluding carboxylic acids is 3. The van der Waals surface area contributed by atoms with E-state index in [-0.39, 0.29) is 36.0 Å². The summed E-state index contributed by atoms with van der Waals surface area (Å²) < 4.78 is 87.8.